The first-order valence-corrected chi connectivity index (χ1v) is 23.3. The van der Waals surface area contributed by atoms with E-state index < -0.39 is 0 Å². The van der Waals surface area contributed by atoms with Crippen molar-refractivity contribution in [3.8, 4) is 34.4 Å². The Morgan fingerprint density at radius 3 is 2.22 bits per heavy atom. The highest BCUT2D eigenvalue weighted by Crippen LogP contribution is 2.42. The second kappa shape index (κ2) is 14.5. The molecule has 0 saturated heterocycles. The number of ether oxygens (including phenoxy) is 1. The third-order valence-electron chi connectivity index (χ3n) is 13.7. The summed E-state index contributed by atoms with van der Waals surface area (Å²) >= 11 is 0. The Morgan fingerprint density at radius 1 is 0.594 bits per heavy atom. The number of hydrogen-bond donors (Lipinski definition) is 0. The molecule has 9 heteroatoms. The highest BCUT2D eigenvalue weighted by molar-refractivity contribution is 6.11. The summed E-state index contributed by atoms with van der Waals surface area (Å²) in [5, 5.41) is 4.30. The van der Waals surface area contributed by atoms with E-state index in [2.05, 4.69) is 220 Å². The molecule has 330 valence electrons. The smallest absolute Gasteiger partial charge is 0.269 e. The van der Waals surface area contributed by atoms with E-state index in [1.54, 1.807) is 0 Å². The molecule has 6 heterocycles. The number of fused-ring (bicyclic) bond motifs is 12. The maximum atomic E-state index is 7.10. The van der Waals surface area contributed by atoms with Gasteiger partial charge in [-0.25, -0.2) is 9.97 Å². The lowest BCUT2D eigenvalue weighted by molar-refractivity contribution is -0.571. The first-order chi connectivity index (χ1) is 33.8. The van der Waals surface area contributed by atoms with Gasteiger partial charge in [0, 0.05) is 39.5 Å². The van der Waals surface area contributed by atoms with Crippen LogP contribution in [-0.4, -0.2) is 28.1 Å². The standard InChI is InChI=1S/C60H43N7O2/c1-37-16-14-25-50-56(37)62-59-66(50)49-29-28-41(35-52(49)67(59)55-32-38(30-31-61-55)60(2,3)4)68-54-34-40(33-45-43-20-9-13-27-53(43)69-58(45)54)63-36-64(48-24-12-11-23-47(48)63)51-26-15-21-44-42-19-8-10-22-46(42)65(57(44)51)39-17-6-5-7-18-39/h5-35H,1-4H3. The second-order valence-electron chi connectivity index (χ2n) is 19.0. The summed E-state index contributed by atoms with van der Waals surface area (Å²) in [5.74, 6) is 2.80. The van der Waals surface area contributed by atoms with Crippen molar-refractivity contribution in [3.63, 3.8) is 0 Å². The Labute approximate surface area is 395 Å². The molecule has 0 unspecified atom stereocenters. The fourth-order valence-electron chi connectivity index (χ4n) is 10.5. The summed E-state index contributed by atoms with van der Waals surface area (Å²) in [6.45, 7) is 8.78. The van der Waals surface area contributed by atoms with Gasteiger partial charge in [0.15, 0.2) is 11.3 Å². The zero-order valence-corrected chi connectivity index (χ0v) is 38.3. The number of benzene rings is 8. The van der Waals surface area contributed by atoms with Crippen molar-refractivity contribution in [1.29, 1.82) is 0 Å². The van der Waals surface area contributed by atoms with Crippen molar-refractivity contribution < 1.29 is 13.7 Å². The normalized spacial score (nSPS) is 12.3. The van der Waals surface area contributed by atoms with Crippen LogP contribution in [0, 0.1) is 13.3 Å². The number of furan rings is 1. The van der Waals surface area contributed by atoms with Gasteiger partial charge in [-0.3, -0.25) is 18.1 Å². The molecule has 0 atom stereocenters. The Balaban J connectivity index is 0.979. The molecule has 69 heavy (non-hydrogen) atoms. The van der Waals surface area contributed by atoms with Crippen LogP contribution in [-0.2, 0) is 5.41 Å². The Morgan fingerprint density at radius 2 is 1.35 bits per heavy atom. The highest BCUT2D eigenvalue weighted by atomic mass is 16.5. The first-order valence-electron chi connectivity index (χ1n) is 23.3. The molecule has 0 saturated carbocycles. The van der Waals surface area contributed by atoms with E-state index in [1.165, 1.54) is 16.3 Å². The largest absolute Gasteiger partial charge is 0.454 e. The Kier molecular flexibility index (Phi) is 8.26. The summed E-state index contributed by atoms with van der Waals surface area (Å²) in [6, 6.07) is 63.6. The van der Waals surface area contributed by atoms with Gasteiger partial charge in [0.2, 0.25) is 5.78 Å². The maximum absolute atomic E-state index is 7.10. The van der Waals surface area contributed by atoms with Gasteiger partial charge >= 0.3 is 0 Å². The predicted octanol–water partition coefficient (Wildman–Crippen LogP) is 14.2. The summed E-state index contributed by atoms with van der Waals surface area (Å²) in [6.07, 6.45) is 5.74. The topological polar surface area (TPSA) is 71.2 Å². The fourth-order valence-corrected chi connectivity index (χ4v) is 10.5. The lowest BCUT2D eigenvalue weighted by Crippen LogP contribution is -2.30. The van der Waals surface area contributed by atoms with Gasteiger partial charge in [0.05, 0.1) is 55.5 Å². The van der Waals surface area contributed by atoms with E-state index in [0.717, 1.165) is 94.7 Å². The molecule has 0 fully saturated rings. The molecule has 0 bridgehead atoms. The molecule has 14 aromatic rings. The molecule has 0 spiro atoms. The van der Waals surface area contributed by atoms with E-state index in [4.69, 9.17) is 19.1 Å². The zero-order valence-electron chi connectivity index (χ0n) is 38.3. The molecule has 0 radical (unpaired) electrons. The maximum Gasteiger partial charge on any atom is 0.269 e. The molecule has 6 aromatic heterocycles. The van der Waals surface area contributed by atoms with Crippen LogP contribution in [0.5, 0.6) is 11.5 Å². The fraction of sp³-hybridized carbons (Fsp3) is 0.0833. The predicted molar refractivity (Wildman–Crippen MR) is 276 cm³/mol. The average molecular weight is 894 g/mol. The molecular formula is C60H43N7O2. The lowest BCUT2D eigenvalue weighted by atomic mass is 9.88. The van der Waals surface area contributed by atoms with Crippen molar-refractivity contribution in [2.75, 3.05) is 0 Å². The van der Waals surface area contributed by atoms with Crippen LogP contribution in [0.15, 0.2) is 193 Å². The van der Waals surface area contributed by atoms with Crippen molar-refractivity contribution in [3.05, 3.63) is 206 Å². The molecule has 9 nitrogen and oxygen atoms in total. The third-order valence-corrected chi connectivity index (χ3v) is 13.7. The van der Waals surface area contributed by atoms with E-state index in [-0.39, 0.29) is 5.41 Å². The van der Waals surface area contributed by atoms with Gasteiger partial charge in [-0.2, -0.15) is 0 Å². The van der Waals surface area contributed by atoms with Crippen LogP contribution in [0.3, 0.4) is 0 Å². The highest BCUT2D eigenvalue weighted by Gasteiger charge is 2.24. The number of para-hydroxylation sites is 7. The number of hydrogen-bond acceptors (Lipinski definition) is 4. The molecule has 0 N–H and O–H groups in total. The number of imidazole rings is 3. The van der Waals surface area contributed by atoms with Crippen LogP contribution in [0.2, 0.25) is 0 Å². The Bertz CT molecular complexity index is 4410. The van der Waals surface area contributed by atoms with Crippen LogP contribution in [0.4, 0.5) is 0 Å². The SMILES string of the molecule is Cc1cccc2c1nc1n(-c3cc(C(C)(C)C)ccn3)c3cc(Oc4cc(-n5[c-][n+](-c6cccc7c8ccccc8n(-c8ccccc8)c67)c6ccccc65)cc5c4oc4ccccc45)ccc3n21. The van der Waals surface area contributed by atoms with E-state index in [9.17, 15) is 0 Å². The van der Waals surface area contributed by atoms with Gasteiger partial charge in [-0.05, 0) is 96.3 Å². The first kappa shape index (κ1) is 39.2. The van der Waals surface area contributed by atoms with Gasteiger partial charge in [-0.15, -0.1) is 0 Å². The number of pyridine rings is 1. The lowest BCUT2D eigenvalue weighted by Gasteiger charge is -2.19. The van der Waals surface area contributed by atoms with Crippen molar-refractivity contribution in [1.82, 2.24) is 28.1 Å². The molecule has 14 rings (SSSR count). The minimum atomic E-state index is -0.0812. The summed E-state index contributed by atoms with van der Waals surface area (Å²) < 4.78 is 24.9. The van der Waals surface area contributed by atoms with Crippen molar-refractivity contribution >= 4 is 82.6 Å². The third kappa shape index (κ3) is 5.86. The van der Waals surface area contributed by atoms with E-state index in [0.29, 0.717) is 17.1 Å². The quantitative estimate of drug-likeness (QED) is 0.123. The molecule has 0 aliphatic rings. The number of aryl methyl sites for hydroxylation is 1. The van der Waals surface area contributed by atoms with Gasteiger partial charge in [0.25, 0.3) is 6.33 Å². The van der Waals surface area contributed by atoms with Gasteiger partial charge < -0.3 is 13.7 Å². The van der Waals surface area contributed by atoms with Gasteiger partial charge in [-0.1, -0.05) is 124 Å². The van der Waals surface area contributed by atoms with Crippen LogP contribution in [0.25, 0.3) is 106 Å². The molecular weight excluding hydrogens is 851 g/mol. The minimum Gasteiger partial charge on any atom is -0.454 e. The summed E-state index contributed by atoms with van der Waals surface area (Å²) in [4.78, 5) is 10.2. The Hall–Kier alpha value is -8.95. The minimum absolute atomic E-state index is 0.0812. The number of nitrogens with zero attached hydrogens (tertiary/aromatic N) is 7. The van der Waals surface area contributed by atoms with Crippen molar-refractivity contribution in [2.45, 2.75) is 33.1 Å². The van der Waals surface area contributed by atoms with Crippen LogP contribution >= 0.6 is 0 Å². The zero-order chi connectivity index (χ0) is 46.1. The average Bonchev–Trinajstić information content (AvgIpc) is 4.19. The van der Waals surface area contributed by atoms with E-state index in [1.807, 2.05) is 24.4 Å². The monoisotopic (exact) mass is 893 g/mol. The molecule has 0 aliphatic heterocycles. The molecule has 0 amide bonds. The van der Waals surface area contributed by atoms with Gasteiger partial charge in [0.1, 0.15) is 17.2 Å². The van der Waals surface area contributed by atoms with Crippen molar-refractivity contribution in [2.24, 2.45) is 0 Å². The number of aromatic nitrogens is 7. The number of rotatable bonds is 6. The molecule has 8 aromatic carbocycles. The second-order valence-corrected chi connectivity index (χ2v) is 19.0. The van der Waals surface area contributed by atoms with Crippen LogP contribution in [0.1, 0.15) is 31.9 Å². The summed E-state index contributed by atoms with van der Waals surface area (Å²) in [5.41, 5.74) is 14.8. The van der Waals surface area contributed by atoms with E-state index >= 15 is 0 Å². The molecule has 0 aliphatic carbocycles. The van der Waals surface area contributed by atoms with Crippen LogP contribution < -0.4 is 9.30 Å². The summed E-state index contributed by atoms with van der Waals surface area (Å²) in [7, 11) is 0.